The van der Waals surface area contributed by atoms with Crippen LogP contribution in [0.25, 0.3) is 0 Å². The summed E-state index contributed by atoms with van der Waals surface area (Å²) >= 11 is 0. The van der Waals surface area contributed by atoms with E-state index in [1.54, 1.807) is 0 Å². The zero-order valence-corrected chi connectivity index (χ0v) is 10.0. The van der Waals surface area contributed by atoms with Crippen LogP contribution in [0.1, 0.15) is 0 Å². The second-order valence-corrected chi connectivity index (χ2v) is 3.93. The molecule has 0 aromatic rings. The van der Waals surface area contributed by atoms with Crippen LogP contribution in [0.4, 0.5) is 70.2 Å². The molecule has 0 saturated carbocycles. The van der Waals surface area contributed by atoms with E-state index in [0.29, 0.717) is 0 Å². The Bertz CT molecular complexity index is 435. The summed E-state index contributed by atoms with van der Waals surface area (Å²) in [6.45, 7) is 0. The average Bonchev–Trinajstić information content (AvgIpc) is 2.02. The molecule has 16 heteroatoms. The Morgan fingerprint density at radius 2 is 0.625 bits per heavy atom. The van der Waals surface area contributed by atoms with Crippen molar-refractivity contribution in [3.8, 4) is 0 Å². The quantitative estimate of drug-likeness (QED) is 0.474. The number of rotatable bonds is 1. The molecule has 0 nitrogen and oxygen atoms in total. The third-order valence-corrected chi connectivity index (χ3v) is 2.39. The maximum Gasteiger partial charge on any atom is 0.423 e. The molecule has 0 aromatic carbocycles. The first-order valence-corrected chi connectivity index (χ1v) is 4.77. The van der Waals surface area contributed by atoms with Crippen LogP contribution in [0.3, 0.4) is 0 Å². The molecule has 0 aromatic heterocycles. The standard InChI is InChI=1S/C8F16/c9-2(1(4(10,11)12)5(13,14)15)3(6(16,17)18,7(19,20)21)8(22,23)24. The number of allylic oxidation sites excluding steroid dienone is 2. The molecule has 0 amide bonds. The second kappa shape index (κ2) is 5.57. The molecule has 0 saturated heterocycles. The molecule has 0 radical (unpaired) electrons. The van der Waals surface area contributed by atoms with E-state index < -0.39 is 47.7 Å². The fourth-order valence-corrected chi connectivity index (χ4v) is 1.45. The highest BCUT2D eigenvalue weighted by Gasteiger charge is 2.87. The average molecular weight is 400 g/mol. The number of halogens is 16. The third-order valence-electron chi connectivity index (χ3n) is 2.39. The first-order valence-electron chi connectivity index (χ1n) is 4.77. The largest absolute Gasteiger partial charge is 0.423 e. The SMILES string of the molecule is FC(=C(C(F)(F)F)C(F)(F)F)C(C(F)(F)F)(C(F)(F)F)C(F)(F)F. The zero-order valence-electron chi connectivity index (χ0n) is 10.0. The fourth-order valence-electron chi connectivity index (χ4n) is 1.45. The van der Waals surface area contributed by atoms with Gasteiger partial charge in [0.15, 0.2) is 11.4 Å². The van der Waals surface area contributed by atoms with Gasteiger partial charge < -0.3 is 0 Å². The van der Waals surface area contributed by atoms with E-state index in [-0.39, 0.29) is 0 Å². The van der Waals surface area contributed by atoms with Crippen LogP contribution in [0.2, 0.25) is 0 Å². The molecule has 0 aliphatic rings. The van der Waals surface area contributed by atoms with Gasteiger partial charge in [-0.25, -0.2) is 4.39 Å². The highest BCUT2D eigenvalue weighted by Crippen LogP contribution is 2.65. The minimum Gasteiger partial charge on any atom is -0.209 e. The molecule has 144 valence electrons. The summed E-state index contributed by atoms with van der Waals surface area (Å²) in [5, 5.41) is 0. The van der Waals surface area contributed by atoms with E-state index in [4.69, 9.17) is 0 Å². The maximum atomic E-state index is 13.1. The molecule has 0 aliphatic carbocycles. The molecular formula is C8F16. The van der Waals surface area contributed by atoms with E-state index >= 15 is 0 Å². The molecule has 0 rings (SSSR count). The Labute approximate surface area is 119 Å². The molecule has 0 atom stereocenters. The van der Waals surface area contributed by atoms with Gasteiger partial charge in [0, 0.05) is 0 Å². The summed E-state index contributed by atoms with van der Waals surface area (Å²) in [6, 6.07) is 0. The first kappa shape index (κ1) is 22.6. The van der Waals surface area contributed by atoms with Crippen LogP contribution in [0.5, 0.6) is 0 Å². The molecule has 0 spiro atoms. The lowest BCUT2D eigenvalue weighted by Gasteiger charge is -2.38. The molecule has 0 unspecified atom stereocenters. The Morgan fingerprint density at radius 3 is 0.750 bits per heavy atom. The van der Waals surface area contributed by atoms with Gasteiger partial charge in [0.05, 0.1) is 0 Å². The summed E-state index contributed by atoms with van der Waals surface area (Å²) in [6.07, 6.45) is -38.6. The van der Waals surface area contributed by atoms with Gasteiger partial charge in [0.2, 0.25) is 0 Å². The van der Waals surface area contributed by atoms with Crippen molar-refractivity contribution in [2.45, 2.75) is 30.9 Å². The minimum absolute atomic E-state index is 5.21. The topological polar surface area (TPSA) is 0 Å². The number of alkyl halides is 15. The van der Waals surface area contributed by atoms with Crippen LogP contribution in [-0.2, 0) is 0 Å². The zero-order chi connectivity index (χ0) is 20.2. The summed E-state index contributed by atoms with van der Waals surface area (Å²) in [7, 11) is 0. The number of hydrogen-bond acceptors (Lipinski definition) is 0. The van der Waals surface area contributed by atoms with Gasteiger partial charge in [0.1, 0.15) is 0 Å². The monoisotopic (exact) mass is 400 g/mol. The summed E-state index contributed by atoms with van der Waals surface area (Å²) < 4.78 is 196. The smallest absolute Gasteiger partial charge is 0.209 e. The van der Waals surface area contributed by atoms with E-state index in [1.165, 1.54) is 0 Å². The Hall–Kier alpha value is -1.38. The van der Waals surface area contributed by atoms with Crippen LogP contribution in [-0.4, -0.2) is 30.9 Å². The second-order valence-electron chi connectivity index (χ2n) is 3.93. The first-order chi connectivity index (χ1) is 10.0. The normalized spacial score (nSPS) is 15.5. The van der Waals surface area contributed by atoms with E-state index in [2.05, 4.69) is 0 Å². The summed E-state index contributed by atoms with van der Waals surface area (Å²) in [5.74, 6) is -5.52. The van der Waals surface area contributed by atoms with Crippen molar-refractivity contribution in [2.24, 2.45) is 5.41 Å². The van der Waals surface area contributed by atoms with Crippen molar-refractivity contribution in [1.82, 2.24) is 0 Å². The molecule has 0 heterocycles. The van der Waals surface area contributed by atoms with Crippen molar-refractivity contribution in [2.75, 3.05) is 0 Å². The van der Waals surface area contributed by atoms with Crippen molar-refractivity contribution in [3.63, 3.8) is 0 Å². The van der Waals surface area contributed by atoms with Crippen LogP contribution in [0.15, 0.2) is 11.4 Å². The fraction of sp³-hybridized carbons (Fsp3) is 0.750. The van der Waals surface area contributed by atoms with E-state index in [1.807, 2.05) is 0 Å². The van der Waals surface area contributed by atoms with Crippen LogP contribution in [0, 0.1) is 5.41 Å². The highest BCUT2D eigenvalue weighted by molar-refractivity contribution is 5.30. The molecule has 0 bridgehead atoms. The van der Waals surface area contributed by atoms with Gasteiger partial charge in [-0.1, -0.05) is 0 Å². The van der Waals surface area contributed by atoms with Gasteiger partial charge in [-0.05, 0) is 0 Å². The lowest BCUT2D eigenvalue weighted by atomic mass is 9.81. The van der Waals surface area contributed by atoms with Gasteiger partial charge in [-0.3, -0.25) is 0 Å². The third kappa shape index (κ3) is 3.50. The van der Waals surface area contributed by atoms with Crippen molar-refractivity contribution >= 4 is 0 Å². The van der Waals surface area contributed by atoms with Crippen LogP contribution >= 0.6 is 0 Å². The van der Waals surface area contributed by atoms with Gasteiger partial charge >= 0.3 is 36.3 Å². The molecule has 0 fully saturated rings. The van der Waals surface area contributed by atoms with E-state index in [9.17, 15) is 70.2 Å². The lowest BCUT2D eigenvalue weighted by molar-refractivity contribution is -0.417. The molecule has 24 heavy (non-hydrogen) atoms. The summed E-state index contributed by atoms with van der Waals surface area (Å²) in [4.78, 5) is 0. The van der Waals surface area contributed by atoms with Gasteiger partial charge in [-0.15, -0.1) is 0 Å². The Morgan fingerprint density at radius 1 is 0.417 bits per heavy atom. The van der Waals surface area contributed by atoms with Gasteiger partial charge in [0.25, 0.3) is 0 Å². The number of hydrogen-bond donors (Lipinski definition) is 0. The van der Waals surface area contributed by atoms with E-state index in [0.717, 1.165) is 0 Å². The predicted octanol–water partition coefficient (Wildman–Crippen LogP) is 6.01. The van der Waals surface area contributed by atoms with Gasteiger partial charge in [-0.2, -0.15) is 65.9 Å². The highest BCUT2D eigenvalue weighted by atomic mass is 19.4. The summed E-state index contributed by atoms with van der Waals surface area (Å²) in [5.41, 5.74) is -13.2. The predicted molar refractivity (Wildman–Crippen MR) is 40.8 cm³/mol. The molecule has 0 N–H and O–H groups in total. The van der Waals surface area contributed by atoms with Crippen molar-refractivity contribution < 1.29 is 70.2 Å². The molecule has 0 aliphatic heterocycles. The van der Waals surface area contributed by atoms with Crippen molar-refractivity contribution in [1.29, 1.82) is 0 Å². The Balaban J connectivity index is 7.44. The Kier molecular flexibility index (Phi) is 5.25. The maximum absolute atomic E-state index is 13.1. The minimum atomic E-state index is -8.02. The molecular weight excluding hydrogens is 400 g/mol. The van der Waals surface area contributed by atoms with Crippen LogP contribution < -0.4 is 0 Å². The lowest BCUT2D eigenvalue weighted by Crippen LogP contribution is -2.61. The van der Waals surface area contributed by atoms with Crippen molar-refractivity contribution in [3.05, 3.63) is 11.4 Å².